The Kier molecular flexibility index (Phi) is 10.2. The van der Waals surface area contributed by atoms with Crippen LogP contribution in [0.2, 0.25) is 5.02 Å². The summed E-state index contributed by atoms with van der Waals surface area (Å²) in [5.74, 6) is 0.0481. The first-order chi connectivity index (χ1) is 20.8. The number of nitrogens with one attached hydrogen (secondary N) is 3. The Morgan fingerprint density at radius 2 is 1.77 bits per heavy atom. The minimum Gasteiger partial charge on any atom is -0.348 e. The van der Waals surface area contributed by atoms with Crippen LogP contribution in [0, 0.1) is 0 Å². The molecule has 1 aliphatic carbocycles. The summed E-state index contributed by atoms with van der Waals surface area (Å²) in [4.78, 5) is 40.4. The Bertz CT molecular complexity index is 1600. The van der Waals surface area contributed by atoms with Gasteiger partial charge in [-0.3, -0.25) is 14.4 Å². The fourth-order valence-corrected chi connectivity index (χ4v) is 7.26. The maximum absolute atomic E-state index is 13.3. The van der Waals surface area contributed by atoms with Gasteiger partial charge in [-0.1, -0.05) is 53.7 Å². The van der Waals surface area contributed by atoms with Gasteiger partial charge in [0.2, 0.25) is 5.91 Å². The first kappa shape index (κ1) is 30.8. The summed E-state index contributed by atoms with van der Waals surface area (Å²) in [6.07, 6.45) is 3.85. The molecule has 4 aromatic rings. The van der Waals surface area contributed by atoms with Crippen molar-refractivity contribution in [3.63, 3.8) is 0 Å². The van der Waals surface area contributed by atoms with Gasteiger partial charge in [0.05, 0.1) is 17.4 Å². The first-order valence-corrected chi connectivity index (χ1v) is 16.4. The summed E-state index contributed by atoms with van der Waals surface area (Å²) in [6.45, 7) is 4.78. The molecule has 2 aromatic heterocycles. The average Bonchev–Trinajstić information content (AvgIpc) is 3.60. The topological polar surface area (TPSA) is 118 Å². The van der Waals surface area contributed by atoms with Gasteiger partial charge in [0, 0.05) is 28.6 Å². The molecular formula is C31H33ClN6O3S2. The molecule has 12 heteroatoms. The number of nitrogens with zero attached hydrogens (tertiary/aromatic N) is 3. The lowest BCUT2D eigenvalue weighted by atomic mass is 9.95. The number of fused-ring (bicyclic) bond motifs is 1. The summed E-state index contributed by atoms with van der Waals surface area (Å²) >= 11 is 8.70. The van der Waals surface area contributed by atoms with Crippen molar-refractivity contribution in [2.75, 3.05) is 11.1 Å². The molecule has 0 fully saturated rings. The van der Waals surface area contributed by atoms with Gasteiger partial charge < -0.3 is 20.5 Å². The molecule has 2 heterocycles. The second-order valence-corrected chi connectivity index (χ2v) is 12.7. The van der Waals surface area contributed by atoms with Gasteiger partial charge in [0.25, 0.3) is 11.8 Å². The number of hydrogen-bond acceptors (Lipinski definition) is 7. The fourth-order valence-electron chi connectivity index (χ4n) is 5.02. The lowest BCUT2D eigenvalue weighted by Crippen LogP contribution is -2.28. The Morgan fingerprint density at radius 1 is 1.02 bits per heavy atom. The predicted molar refractivity (Wildman–Crippen MR) is 171 cm³/mol. The molecular weight excluding hydrogens is 604 g/mol. The van der Waals surface area contributed by atoms with Crippen LogP contribution in [0.3, 0.4) is 0 Å². The SMILES string of the molecule is CCn1c(SCC(=O)Nc2sc3c(c2C(=O)NCc2ccccc2)CCCC3)nnc1[C@@H](C)NC(=O)c1ccc(Cl)cc1. The summed E-state index contributed by atoms with van der Waals surface area (Å²) in [5, 5.41) is 19.3. The molecule has 5 rings (SSSR count). The van der Waals surface area contributed by atoms with E-state index in [9.17, 15) is 14.4 Å². The van der Waals surface area contributed by atoms with Crippen LogP contribution in [0.25, 0.3) is 0 Å². The number of anilines is 1. The van der Waals surface area contributed by atoms with Crippen molar-refractivity contribution in [2.45, 2.75) is 63.8 Å². The highest BCUT2D eigenvalue weighted by Gasteiger charge is 2.27. The van der Waals surface area contributed by atoms with Gasteiger partial charge in [-0.2, -0.15) is 0 Å². The van der Waals surface area contributed by atoms with Crippen LogP contribution in [-0.2, 0) is 30.7 Å². The third-order valence-corrected chi connectivity index (χ3v) is 9.61. The van der Waals surface area contributed by atoms with E-state index >= 15 is 0 Å². The Labute approximate surface area is 263 Å². The van der Waals surface area contributed by atoms with E-state index in [0.717, 1.165) is 36.8 Å². The third-order valence-electron chi connectivity index (χ3n) is 7.18. The second kappa shape index (κ2) is 14.2. The molecule has 2 aromatic carbocycles. The summed E-state index contributed by atoms with van der Waals surface area (Å²) < 4.78 is 1.89. The van der Waals surface area contributed by atoms with Crippen LogP contribution >= 0.6 is 34.7 Å². The van der Waals surface area contributed by atoms with Crippen LogP contribution in [0.5, 0.6) is 0 Å². The number of hydrogen-bond donors (Lipinski definition) is 3. The van der Waals surface area contributed by atoms with Gasteiger partial charge >= 0.3 is 0 Å². The van der Waals surface area contributed by atoms with Crippen molar-refractivity contribution in [2.24, 2.45) is 0 Å². The highest BCUT2D eigenvalue weighted by Crippen LogP contribution is 2.38. The smallest absolute Gasteiger partial charge is 0.254 e. The van der Waals surface area contributed by atoms with Crippen LogP contribution in [0.4, 0.5) is 5.00 Å². The zero-order valence-electron chi connectivity index (χ0n) is 24.0. The number of thioether (sulfide) groups is 1. The number of thiophene rings is 1. The summed E-state index contributed by atoms with van der Waals surface area (Å²) in [6, 6.07) is 16.0. The Morgan fingerprint density at radius 3 is 2.51 bits per heavy atom. The number of amides is 3. The number of carbonyl (C=O) groups is 3. The number of benzene rings is 2. The molecule has 0 aliphatic heterocycles. The quantitative estimate of drug-likeness (QED) is 0.173. The fraction of sp³-hybridized carbons (Fsp3) is 0.323. The number of aromatic nitrogens is 3. The molecule has 3 N–H and O–H groups in total. The molecule has 1 aliphatic rings. The Hall–Kier alpha value is -3.67. The van der Waals surface area contributed by atoms with Crippen LogP contribution in [0.1, 0.15) is 75.3 Å². The van der Waals surface area contributed by atoms with Crippen molar-refractivity contribution in [1.29, 1.82) is 0 Å². The molecule has 0 saturated carbocycles. The molecule has 1 atom stereocenters. The second-order valence-electron chi connectivity index (χ2n) is 10.2. The maximum atomic E-state index is 13.3. The molecule has 224 valence electrons. The average molecular weight is 637 g/mol. The van der Waals surface area contributed by atoms with Gasteiger partial charge in [0.15, 0.2) is 11.0 Å². The van der Waals surface area contributed by atoms with E-state index < -0.39 is 6.04 Å². The van der Waals surface area contributed by atoms with Crippen LogP contribution in [-0.4, -0.2) is 38.2 Å². The molecule has 3 amide bonds. The van der Waals surface area contributed by atoms with E-state index in [1.165, 1.54) is 28.0 Å². The van der Waals surface area contributed by atoms with E-state index in [-0.39, 0.29) is 23.5 Å². The molecule has 0 radical (unpaired) electrons. The minimum atomic E-state index is -0.409. The molecule has 0 bridgehead atoms. The third kappa shape index (κ3) is 7.46. The van der Waals surface area contributed by atoms with E-state index in [1.54, 1.807) is 24.3 Å². The maximum Gasteiger partial charge on any atom is 0.254 e. The summed E-state index contributed by atoms with van der Waals surface area (Å²) in [7, 11) is 0. The van der Waals surface area contributed by atoms with Gasteiger partial charge in [0.1, 0.15) is 5.00 Å². The normalized spacial score (nSPS) is 13.2. The van der Waals surface area contributed by atoms with E-state index in [4.69, 9.17) is 11.6 Å². The largest absolute Gasteiger partial charge is 0.348 e. The Balaban J connectivity index is 1.23. The van der Waals surface area contributed by atoms with Gasteiger partial charge in [-0.25, -0.2) is 0 Å². The summed E-state index contributed by atoms with van der Waals surface area (Å²) in [5.41, 5.74) is 3.14. The molecule has 43 heavy (non-hydrogen) atoms. The minimum absolute atomic E-state index is 0.0945. The predicted octanol–water partition coefficient (Wildman–Crippen LogP) is 6.04. The van der Waals surface area contributed by atoms with Crippen molar-refractivity contribution < 1.29 is 14.4 Å². The number of carbonyl (C=O) groups excluding carboxylic acids is 3. The monoisotopic (exact) mass is 636 g/mol. The molecule has 0 spiro atoms. The molecule has 0 saturated heterocycles. The number of halogens is 1. The number of aryl methyl sites for hydroxylation is 1. The van der Waals surface area contributed by atoms with Crippen LogP contribution in [0.15, 0.2) is 59.8 Å². The zero-order valence-corrected chi connectivity index (χ0v) is 26.4. The van der Waals surface area contributed by atoms with Crippen molar-refractivity contribution >= 4 is 57.4 Å². The highest BCUT2D eigenvalue weighted by atomic mass is 35.5. The van der Waals surface area contributed by atoms with E-state index in [2.05, 4.69) is 26.1 Å². The molecule has 9 nitrogen and oxygen atoms in total. The molecule has 0 unspecified atom stereocenters. The van der Waals surface area contributed by atoms with E-state index in [0.29, 0.717) is 45.2 Å². The zero-order chi connectivity index (χ0) is 30.3. The van der Waals surface area contributed by atoms with Crippen molar-refractivity contribution in [1.82, 2.24) is 25.4 Å². The van der Waals surface area contributed by atoms with E-state index in [1.807, 2.05) is 48.7 Å². The number of rotatable bonds is 11. The standard InChI is InChI=1S/C31H33ClN6O3S2/c1-3-38-27(19(2)34-28(40)21-13-15-22(32)16-14-21)36-37-31(38)42-18-25(39)35-30-26(23-11-7-8-12-24(23)43-30)29(41)33-17-20-9-5-4-6-10-20/h4-6,9-10,13-16,19H,3,7-8,11-12,17-18H2,1-2H3,(H,33,41)(H,34,40)(H,35,39)/t19-/m1/s1. The first-order valence-electron chi connectivity index (χ1n) is 14.2. The highest BCUT2D eigenvalue weighted by molar-refractivity contribution is 7.99. The lowest BCUT2D eigenvalue weighted by Gasteiger charge is -2.15. The van der Waals surface area contributed by atoms with Gasteiger partial charge in [-0.15, -0.1) is 21.5 Å². The lowest BCUT2D eigenvalue weighted by molar-refractivity contribution is -0.113. The van der Waals surface area contributed by atoms with Crippen molar-refractivity contribution in [3.05, 3.63) is 92.6 Å². The van der Waals surface area contributed by atoms with Crippen LogP contribution < -0.4 is 16.0 Å². The van der Waals surface area contributed by atoms with Gasteiger partial charge in [-0.05, 0) is 74.9 Å². The van der Waals surface area contributed by atoms with Crippen molar-refractivity contribution in [3.8, 4) is 0 Å².